The van der Waals surface area contributed by atoms with Crippen molar-refractivity contribution in [1.82, 2.24) is 0 Å². The van der Waals surface area contributed by atoms with Crippen molar-refractivity contribution >= 4 is 11.9 Å². The van der Waals surface area contributed by atoms with Crippen molar-refractivity contribution in [2.75, 3.05) is 0 Å². The Morgan fingerprint density at radius 1 is 1.27 bits per heavy atom. The second kappa shape index (κ2) is 5.14. The molecule has 0 heterocycles. The lowest BCUT2D eigenvalue weighted by molar-refractivity contribution is -0.155. The zero-order valence-corrected chi connectivity index (χ0v) is 9.23. The fourth-order valence-corrected chi connectivity index (χ4v) is 1.96. The van der Waals surface area contributed by atoms with E-state index in [9.17, 15) is 9.59 Å². The first-order chi connectivity index (χ1) is 7.00. The minimum absolute atomic E-state index is 0.122. The lowest BCUT2D eigenvalue weighted by Gasteiger charge is -2.25. The fourth-order valence-electron chi connectivity index (χ4n) is 1.96. The minimum Gasteiger partial charge on any atom is -0.481 e. The number of ether oxygens (including phenoxy) is 1. The fraction of sp³-hybridized carbons (Fsp3) is 0.818. The highest BCUT2D eigenvalue weighted by molar-refractivity contribution is 5.75. The van der Waals surface area contributed by atoms with Gasteiger partial charge in [-0.05, 0) is 33.1 Å². The van der Waals surface area contributed by atoms with E-state index < -0.39 is 5.97 Å². The summed E-state index contributed by atoms with van der Waals surface area (Å²) in [5, 5.41) is 8.87. The SMILES string of the molecule is CC(C)OC(=O)[C@@H]1CCC[C@H](C(=O)O)C1. The van der Waals surface area contributed by atoms with Gasteiger partial charge in [0.25, 0.3) is 0 Å². The number of rotatable bonds is 3. The zero-order chi connectivity index (χ0) is 11.4. The molecule has 0 aromatic rings. The van der Waals surface area contributed by atoms with Gasteiger partial charge in [-0.1, -0.05) is 6.42 Å². The first kappa shape index (κ1) is 12.0. The largest absolute Gasteiger partial charge is 0.481 e. The maximum Gasteiger partial charge on any atom is 0.309 e. The van der Waals surface area contributed by atoms with Gasteiger partial charge in [-0.3, -0.25) is 9.59 Å². The van der Waals surface area contributed by atoms with Gasteiger partial charge in [0.2, 0.25) is 0 Å². The topological polar surface area (TPSA) is 63.6 Å². The number of carbonyl (C=O) groups is 2. The Bertz CT molecular complexity index is 247. The van der Waals surface area contributed by atoms with Crippen LogP contribution >= 0.6 is 0 Å². The van der Waals surface area contributed by atoms with Crippen LogP contribution in [0.3, 0.4) is 0 Å². The lowest BCUT2D eigenvalue weighted by Crippen LogP contribution is -2.29. The Balaban J connectivity index is 2.48. The standard InChI is InChI=1S/C11H18O4/c1-7(2)15-11(14)9-5-3-4-8(6-9)10(12)13/h7-9H,3-6H2,1-2H3,(H,12,13)/t8-,9+/m0/s1. The molecule has 1 N–H and O–H groups in total. The molecule has 0 aliphatic heterocycles. The molecular weight excluding hydrogens is 196 g/mol. The third-order valence-corrected chi connectivity index (χ3v) is 2.71. The molecule has 86 valence electrons. The van der Waals surface area contributed by atoms with Gasteiger partial charge in [0.15, 0.2) is 0 Å². The second-order valence-electron chi connectivity index (χ2n) is 4.38. The van der Waals surface area contributed by atoms with E-state index in [0.717, 1.165) is 12.8 Å². The van der Waals surface area contributed by atoms with Crippen LogP contribution in [0.5, 0.6) is 0 Å². The first-order valence-electron chi connectivity index (χ1n) is 5.44. The van der Waals surface area contributed by atoms with Crippen molar-refractivity contribution in [2.24, 2.45) is 11.8 Å². The number of hydrogen-bond acceptors (Lipinski definition) is 3. The van der Waals surface area contributed by atoms with Gasteiger partial charge in [-0.2, -0.15) is 0 Å². The number of esters is 1. The Morgan fingerprint density at radius 3 is 2.40 bits per heavy atom. The summed E-state index contributed by atoms with van der Waals surface area (Å²) >= 11 is 0. The van der Waals surface area contributed by atoms with Crippen molar-refractivity contribution in [1.29, 1.82) is 0 Å². The normalized spacial score (nSPS) is 26.3. The molecule has 1 fully saturated rings. The predicted molar refractivity (Wildman–Crippen MR) is 54.3 cm³/mol. The predicted octanol–water partition coefficient (Wildman–Crippen LogP) is 1.83. The van der Waals surface area contributed by atoms with E-state index in [-0.39, 0.29) is 23.9 Å². The molecular formula is C11H18O4. The molecule has 0 saturated heterocycles. The van der Waals surface area contributed by atoms with Crippen LogP contribution in [0.4, 0.5) is 0 Å². The van der Waals surface area contributed by atoms with E-state index in [1.165, 1.54) is 0 Å². The average Bonchev–Trinajstić information content (AvgIpc) is 2.17. The number of aliphatic carboxylic acids is 1. The van der Waals surface area contributed by atoms with E-state index in [0.29, 0.717) is 12.8 Å². The zero-order valence-electron chi connectivity index (χ0n) is 9.23. The molecule has 1 aliphatic carbocycles. The van der Waals surface area contributed by atoms with E-state index in [1.54, 1.807) is 13.8 Å². The van der Waals surface area contributed by atoms with Gasteiger partial charge in [-0.15, -0.1) is 0 Å². The van der Waals surface area contributed by atoms with Gasteiger partial charge >= 0.3 is 11.9 Å². The maximum absolute atomic E-state index is 11.6. The summed E-state index contributed by atoms with van der Waals surface area (Å²) in [6.07, 6.45) is 2.55. The minimum atomic E-state index is -0.794. The van der Waals surface area contributed by atoms with Crippen LogP contribution in [0.1, 0.15) is 39.5 Å². The Morgan fingerprint density at radius 2 is 1.87 bits per heavy atom. The molecule has 0 spiro atoms. The molecule has 4 nitrogen and oxygen atoms in total. The summed E-state index contributed by atoms with van der Waals surface area (Å²) in [5.74, 6) is -1.63. The van der Waals surface area contributed by atoms with Crippen molar-refractivity contribution in [3.63, 3.8) is 0 Å². The monoisotopic (exact) mass is 214 g/mol. The van der Waals surface area contributed by atoms with Crippen LogP contribution in [0, 0.1) is 11.8 Å². The van der Waals surface area contributed by atoms with Crippen LogP contribution in [-0.2, 0) is 14.3 Å². The van der Waals surface area contributed by atoms with E-state index in [1.807, 2.05) is 0 Å². The molecule has 0 radical (unpaired) electrons. The summed E-state index contributed by atoms with van der Waals surface area (Å²) in [6, 6.07) is 0. The average molecular weight is 214 g/mol. The summed E-state index contributed by atoms with van der Waals surface area (Å²) < 4.78 is 5.09. The van der Waals surface area contributed by atoms with Crippen molar-refractivity contribution in [3.8, 4) is 0 Å². The molecule has 0 bridgehead atoms. The van der Waals surface area contributed by atoms with Crippen molar-refractivity contribution in [2.45, 2.75) is 45.6 Å². The summed E-state index contributed by atoms with van der Waals surface area (Å²) in [4.78, 5) is 22.4. The van der Waals surface area contributed by atoms with Gasteiger partial charge in [0.05, 0.1) is 17.9 Å². The molecule has 4 heteroatoms. The Kier molecular flexibility index (Phi) is 4.12. The highest BCUT2D eigenvalue weighted by Gasteiger charge is 2.32. The third kappa shape index (κ3) is 3.53. The van der Waals surface area contributed by atoms with E-state index in [2.05, 4.69) is 0 Å². The lowest BCUT2D eigenvalue weighted by atomic mass is 9.81. The third-order valence-electron chi connectivity index (χ3n) is 2.71. The molecule has 0 amide bonds. The molecule has 0 aromatic heterocycles. The highest BCUT2D eigenvalue weighted by atomic mass is 16.5. The quantitative estimate of drug-likeness (QED) is 0.728. The van der Waals surface area contributed by atoms with Crippen LogP contribution in [0.15, 0.2) is 0 Å². The molecule has 1 aliphatic rings. The number of hydrogen-bond donors (Lipinski definition) is 1. The second-order valence-corrected chi connectivity index (χ2v) is 4.38. The smallest absolute Gasteiger partial charge is 0.309 e. The van der Waals surface area contributed by atoms with Gasteiger partial charge < -0.3 is 9.84 Å². The molecule has 15 heavy (non-hydrogen) atoms. The van der Waals surface area contributed by atoms with Gasteiger partial charge in [-0.25, -0.2) is 0 Å². The molecule has 2 atom stereocenters. The number of carbonyl (C=O) groups excluding carboxylic acids is 1. The molecule has 1 rings (SSSR count). The van der Waals surface area contributed by atoms with E-state index >= 15 is 0 Å². The molecule has 0 unspecified atom stereocenters. The van der Waals surface area contributed by atoms with Crippen molar-refractivity contribution < 1.29 is 19.4 Å². The Hall–Kier alpha value is -1.06. The first-order valence-corrected chi connectivity index (χ1v) is 5.44. The van der Waals surface area contributed by atoms with Crippen LogP contribution < -0.4 is 0 Å². The highest BCUT2D eigenvalue weighted by Crippen LogP contribution is 2.30. The number of carboxylic acid groups (broad SMARTS) is 1. The van der Waals surface area contributed by atoms with Gasteiger partial charge in [0, 0.05) is 0 Å². The molecule has 1 saturated carbocycles. The Labute approximate surface area is 89.6 Å². The maximum atomic E-state index is 11.6. The van der Waals surface area contributed by atoms with Crippen LogP contribution in [0.25, 0.3) is 0 Å². The summed E-state index contributed by atoms with van der Waals surface area (Å²) in [7, 11) is 0. The van der Waals surface area contributed by atoms with Crippen molar-refractivity contribution in [3.05, 3.63) is 0 Å². The van der Waals surface area contributed by atoms with Gasteiger partial charge in [0.1, 0.15) is 0 Å². The van der Waals surface area contributed by atoms with Crippen LogP contribution in [0.2, 0.25) is 0 Å². The number of carboxylic acids is 1. The summed E-state index contributed by atoms with van der Waals surface area (Å²) in [5.41, 5.74) is 0. The molecule has 0 aromatic carbocycles. The summed E-state index contributed by atoms with van der Waals surface area (Å²) in [6.45, 7) is 3.60. The van der Waals surface area contributed by atoms with Crippen LogP contribution in [-0.4, -0.2) is 23.1 Å². The van der Waals surface area contributed by atoms with E-state index in [4.69, 9.17) is 9.84 Å².